The van der Waals surface area contributed by atoms with E-state index in [4.69, 9.17) is 25.8 Å². The summed E-state index contributed by atoms with van der Waals surface area (Å²) in [5.41, 5.74) is 4.39. The maximum Gasteiger partial charge on any atom is 0.336 e. The molecule has 0 aliphatic carbocycles. The molecule has 0 radical (unpaired) electrons. The third kappa shape index (κ3) is 6.73. The summed E-state index contributed by atoms with van der Waals surface area (Å²) >= 11 is 6.38. The minimum atomic E-state index is -1.08. The van der Waals surface area contributed by atoms with Crippen LogP contribution in [-0.2, 0) is 30.8 Å². The van der Waals surface area contributed by atoms with Gasteiger partial charge in [0, 0.05) is 57.8 Å². The van der Waals surface area contributed by atoms with E-state index in [1.54, 1.807) is 55.8 Å². The zero-order chi connectivity index (χ0) is 31.4. The van der Waals surface area contributed by atoms with Crippen molar-refractivity contribution in [2.75, 3.05) is 13.7 Å². The molecule has 1 aliphatic heterocycles. The summed E-state index contributed by atoms with van der Waals surface area (Å²) in [7, 11) is 1.57. The van der Waals surface area contributed by atoms with Gasteiger partial charge in [-0.25, -0.2) is 9.59 Å². The molecule has 9 nitrogen and oxygen atoms in total. The van der Waals surface area contributed by atoms with E-state index in [0.29, 0.717) is 57.6 Å². The fourth-order valence-corrected chi connectivity index (χ4v) is 5.42. The first-order chi connectivity index (χ1) is 21.1. The summed E-state index contributed by atoms with van der Waals surface area (Å²) in [6.45, 7) is 5.25. The Bertz CT molecular complexity index is 1740. The lowest BCUT2D eigenvalue weighted by molar-refractivity contribution is -0.132. The Hall–Kier alpha value is -4.76. The largest absolute Gasteiger partial charge is 0.496 e. The van der Waals surface area contributed by atoms with Crippen molar-refractivity contribution in [3.63, 3.8) is 0 Å². The molecule has 0 spiro atoms. The topological polar surface area (TPSA) is 120 Å². The summed E-state index contributed by atoms with van der Waals surface area (Å²) in [5.74, 6) is -0.137. The maximum atomic E-state index is 12.6. The number of rotatable bonds is 12. The van der Waals surface area contributed by atoms with Crippen LogP contribution in [0.3, 0.4) is 0 Å². The molecule has 0 unspecified atom stereocenters. The van der Waals surface area contributed by atoms with Gasteiger partial charge >= 0.3 is 11.9 Å². The molecule has 0 atom stereocenters. The number of carboxylic acids is 2. The SMILES string of the molecule is COc1cc2c(cc1C/C(=C\c1cnn(CC(C)C)c1-c1ccc(Cl)cc1OCc1ccccc1C(=O)O)C(=O)O)OCC2. The second kappa shape index (κ2) is 13.3. The van der Waals surface area contributed by atoms with Gasteiger partial charge in [-0.1, -0.05) is 43.6 Å². The number of hydrogen-bond acceptors (Lipinski definition) is 6. The Kier molecular flexibility index (Phi) is 9.25. The number of carboxylic acid groups (broad SMARTS) is 2. The van der Waals surface area contributed by atoms with E-state index in [1.807, 2.05) is 16.8 Å². The third-order valence-electron chi connectivity index (χ3n) is 7.31. The Morgan fingerprint density at radius 2 is 1.89 bits per heavy atom. The van der Waals surface area contributed by atoms with Gasteiger partial charge < -0.3 is 24.4 Å². The van der Waals surface area contributed by atoms with Crippen molar-refractivity contribution in [1.29, 1.82) is 0 Å². The van der Waals surface area contributed by atoms with Gasteiger partial charge in [0.15, 0.2) is 0 Å². The predicted octanol–water partition coefficient (Wildman–Crippen LogP) is 6.79. The lowest BCUT2D eigenvalue weighted by atomic mass is 9.98. The van der Waals surface area contributed by atoms with Crippen LogP contribution in [0.25, 0.3) is 17.3 Å². The summed E-state index contributed by atoms with van der Waals surface area (Å²) < 4.78 is 19.3. The molecule has 10 heteroatoms. The fourth-order valence-electron chi connectivity index (χ4n) is 5.26. The molecular formula is C34H33ClN2O7. The van der Waals surface area contributed by atoms with Crippen LogP contribution in [0.4, 0.5) is 0 Å². The lowest BCUT2D eigenvalue weighted by Gasteiger charge is -2.17. The molecule has 2 N–H and O–H groups in total. The molecule has 1 aliphatic rings. The number of fused-ring (bicyclic) bond motifs is 1. The van der Waals surface area contributed by atoms with E-state index in [1.165, 1.54) is 6.07 Å². The number of nitrogens with zero attached hydrogens (tertiary/aromatic N) is 2. The number of hydrogen-bond donors (Lipinski definition) is 2. The van der Waals surface area contributed by atoms with Crippen molar-refractivity contribution in [3.05, 3.63) is 99.2 Å². The highest BCUT2D eigenvalue weighted by molar-refractivity contribution is 6.30. The number of aromatic nitrogens is 2. The minimum absolute atomic E-state index is 0.0140. The van der Waals surface area contributed by atoms with Crippen LogP contribution in [0.1, 0.15) is 46.5 Å². The van der Waals surface area contributed by atoms with Gasteiger partial charge in [-0.2, -0.15) is 5.10 Å². The van der Waals surface area contributed by atoms with Crippen LogP contribution < -0.4 is 14.2 Å². The van der Waals surface area contributed by atoms with Crippen LogP contribution in [-0.4, -0.2) is 45.6 Å². The Balaban J connectivity index is 1.57. The molecule has 1 aromatic heterocycles. The zero-order valence-electron chi connectivity index (χ0n) is 24.7. The molecule has 4 aromatic rings. The zero-order valence-corrected chi connectivity index (χ0v) is 25.4. The fraction of sp³-hybridized carbons (Fsp3) is 0.265. The number of aliphatic carboxylic acids is 1. The quantitative estimate of drug-likeness (QED) is 0.167. The number of halogens is 1. The molecule has 3 aromatic carbocycles. The highest BCUT2D eigenvalue weighted by Crippen LogP contribution is 2.38. The van der Waals surface area contributed by atoms with Gasteiger partial charge in [-0.3, -0.25) is 4.68 Å². The van der Waals surface area contributed by atoms with Crippen LogP contribution in [0.2, 0.25) is 5.02 Å². The van der Waals surface area contributed by atoms with Gasteiger partial charge in [0.2, 0.25) is 0 Å². The first-order valence-corrected chi connectivity index (χ1v) is 14.6. The molecule has 0 amide bonds. The summed E-state index contributed by atoms with van der Waals surface area (Å²) in [5, 5.41) is 25.0. The molecule has 0 saturated heterocycles. The maximum absolute atomic E-state index is 12.6. The van der Waals surface area contributed by atoms with E-state index >= 15 is 0 Å². The van der Waals surface area contributed by atoms with Crippen molar-refractivity contribution >= 4 is 29.6 Å². The van der Waals surface area contributed by atoms with Crippen molar-refractivity contribution in [3.8, 4) is 28.5 Å². The number of methoxy groups -OCH3 is 1. The first-order valence-electron chi connectivity index (χ1n) is 14.2. The molecule has 44 heavy (non-hydrogen) atoms. The summed E-state index contributed by atoms with van der Waals surface area (Å²) in [6, 6.07) is 15.6. The van der Waals surface area contributed by atoms with E-state index in [-0.39, 0.29) is 30.1 Å². The van der Waals surface area contributed by atoms with E-state index in [0.717, 1.165) is 17.7 Å². The normalized spacial score (nSPS) is 12.6. The van der Waals surface area contributed by atoms with Crippen LogP contribution >= 0.6 is 11.6 Å². The third-order valence-corrected chi connectivity index (χ3v) is 7.55. The standard InChI is InChI=1S/C34H33ClN2O7/c1-20(2)18-37-32(28-9-8-26(35)16-31(28)44-19-22-6-4-5-7-27(22)34(40)41)25(17-36-37)13-24(33(38)39)12-23-15-30-21(10-11-43-30)14-29(23)42-3/h4-9,13-17,20H,10-12,18-19H2,1-3H3,(H,38,39)(H,40,41)/b24-13+. The number of ether oxygens (including phenoxy) is 3. The Labute approximate surface area is 260 Å². The van der Waals surface area contributed by atoms with E-state index in [9.17, 15) is 19.8 Å². The Morgan fingerprint density at radius 1 is 1.09 bits per heavy atom. The second-order valence-corrected chi connectivity index (χ2v) is 11.4. The van der Waals surface area contributed by atoms with Crippen LogP contribution in [0, 0.1) is 5.92 Å². The highest BCUT2D eigenvalue weighted by Gasteiger charge is 2.22. The van der Waals surface area contributed by atoms with Gasteiger partial charge in [0.1, 0.15) is 23.9 Å². The molecular weight excluding hydrogens is 584 g/mol. The number of aromatic carboxylic acids is 1. The average Bonchev–Trinajstić information content (AvgIpc) is 3.61. The molecule has 228 valence electrons. The van der Waals surface area contributed by atoms with Gasteiger partial charge in [0.25, 0.3) is 0 Å². The molecule has 0 bridgehead atoms. The number of benzene rings is 3. The first kappa shape index (κ1) is 30.7. The molecule has 5 rings (SSSR count). The number of carbonyl (C=O) groups is 2. The predicted molar refractivity (Wildman–Crippen MR) is 167 cm³/mol. The van der Waals surface area contributed by atoms with Crippen molar-refractivity contribution in [2.24, 2.45) is 5.92 Å². The smallest absolute Gasteiger partial charge is 0.336 e. The average molecular weight is 617 g/mol. The van der Waals surface area contributed by atoms with E-state index < -0.39 is 11.9 Å². The molecule has 2 heterocycles. The van der Waals surface area contributed by atoms with Gasteiger partial charge in [-0.15, -0.1) is 0 Å². The minimum Gasteiger partial charge on any atom is -0.496 e. The summed E-state index contributed by atoms with van der Waals surface area (Å²) in [6.07, 6.45) is 4.13. The molecule has 0 fully saturated rings. The van der Waals surface area contributed by atoms with Gasteiger partial charge in [0.05, 0.1) is 31.2 Å². The van der Waals surface area contributed by atoms with Gasteiger partial charge in [-0.05, 0) is 48.4 Å². The van der Waals surface area contributed by atoms with Crippen molar-refractivity contribution < 1.29 is 34.0 Å². The monoisotopic (exact) mass is 616 g/mol. The van der Waals surface area contributed by atoms with Crippen LogP contribution in [0.15, 0.2) is 66.4 Å². The van der Waals surface area contributed by atoms with Crippen molar-refractivity contribution in [1.82, 2.24) is 9.78 Å². The molecule has 0 saturated carbocycles. The van der Waals surface area contributed by atoms with Crippen LogP contribution in [0.5, 0.6) is 17.2 Å². The summed E-state index contributed by atoms with van der Waals surface area (Å²) in [4.78, 5) is 24.3. The van der Waals surface area contributed by atoms with Crippen molar-refractivity contribution in [2.45, 2.75) is 39.8 Å². The van der Waals surface area contributed by atoms with E-state index in [2.05, 4.69) is 18.9 Å². The highest BCUT2D eigenvalue weighted by atomic mass is 35.5. The second-order valence-electron chi connectivity index (χ2n) is 10.9. The Morgan fingerprint density at radius 3 is 2.61 bits per heavy atom. The lowest BCUT2D eigenvalue weighted by Crippen LogP contribution is -2.10.